The Hall–Kier alpha value is -2.10. The number of ether oxygens (including phenoxy) is 2. The van der Waals surface area contributed by atoms with Crippen molar-refractivity contribution in [2.75, 3.05) is 0 Å². The topological polar surface area (TPSA) is 52.6 Å². The van der Waals surface area contributed by atoms with Gasteiger partial charge in [-0.2, -0.15) is 0 Å². The molecule has 0 fully saturated rings. The number of fused-ring (bicyclic) bond motifs is 1. The number of rotatable bonds is 0. The highest BCUT2D eigenvalue weighted by atomic mass is 16.6. The summed E-state index contributed by atoms with van der Waals surface area (Å²) >= 11 is 0. The molecule has 4 nitrogen and oxygen atoms in total. The molecule has 0 amide bonds. The molecule has 0 radical (unpaired) electrons. The van der Waals surface area contributed by atoms with E-state index in [0.29, 0.717) is 5.75 Å². The van der Waals surface area contributed by atoms with Gasteiger partial charge in [0, 0.05) is 12.2 Å². The Morgan fingerprint density at radius 3 is 2.40 bits per heavy atom. The SMILES string of the molecule is Cc1cccc2c1OC(=O)/C=C/C(=O)O2. The van der Waals surface area contributed by atoms with Gasteiger partial charge in [-0.15, -0.1) is 0 Å². The zero-order valence-electron chi connectivity index (χ0n) is 8.02. The molecule has 1 aliphatic rings. The summed E-state index contributed by atoms with van der Waals surface area (Å²) in [7, 11) is 0. The van der Waals surface area contributed by atoms with Gasteiger partial charge in [-0.05, 0) is 18.6 Å². The van der Waals surface area contributed by atoms with Crippen LogP contribution < -0.4 is 9.47 Å². The van der Waals surface area contributed by atoms with Crippen LogP contribution in [-0.4, -0.2) is 11.9 Å². The molecular formula is C11H8O4. The third-order valence-corrected chi connectivity index (χ3v) is 1.94. The predicted molar refractivity (Wildman–Crippen MR) is 51.6 cm³/mol. The lowest BCUT2D eigenvalue weighted by molar-refractivity contribution is -0.133. The number of carbonyl (C=O) groups excluding carboxylic acids is 2. The fourth-order valence-corrected chi connectivity index (χ4v) is 1.25. The molecule has 4 heteroatoms. The molecule has 0 aromatic heterocycles. The van der Waals surface area contributed by atoms with E-state index in [1.54, 1.807) is 25.1 Å². The molecule has 15 heavy (non-hydrogen) atoms. The Kier molecular flexibility index (Phi) is 2.25. The molecule has 1 aromatic rings. The molecule has 1 heterocycles. The van der Waals surface area contributed by atoms with E-state index in [9.17, 15) is 9.59 Å². The maximum Gasteiger partial charge on any atom is 0.336 e. The maximum absolute atomic E-state index is 11.2. The quantitative estimate of drug-likeness (QED) is 0.473. The van der Waals surface area contributed by atoms with Gasteiger partial charge in [-0.1, -0.05) is 12.1 Å². The van der Waals surface area contributed by atoms with Crippen LogP contribution in [0.3, 0.4) is 0 Å². The lowest BCUT2D eigenvalue weighted by Crippen LogP contribution is -2.14. The van der Waals surface area contributed by atoms with Gasteiger partial charge in [-0.3, -0.25) is 0 Å². The summed E-state index contributed by atoms with van der Waals surface area (Å²) < 4.78 is 9.98. The van der Waals surface area contributed by atoms with Crippen LogP contribution in [0.15, 0.2) is 30.4 Å². The third-order valence-electron chi connectivity index (χ3n) is 1.94. The monoisotopic (exact) mass is 204 g/mol. The Morgan fingerprint density at radius 1 is 1.00 bits per heavy atom. The number of para-hydroxylation sites is 1. The lowest BCUT2D eigenvalue weighted by atomic mass is 10.2. The van der Waals surface area contributed by atoms with E-state index in [0.717, 1.165) is 17.7 Å². The second-order valence-corrected chi connectivity index (χ2v) is 3.08. The van der Waals surface area contributed by atoms with Crippen LogP contribution in [0.25, 0.3) is 0 Å². The van der Waals surface area contributed by atoms with Crippen molar-refractivity contribution in [2.24, 2.45) is 0 Å². The maximum atomic E-state index is 11.2. The molecule has 1 aromatic carbocycles. The van der Waals surface area contributed by atoms with Crippen molar-refractivity contribution in [3.63, 3.8) is 0 Å². The second kappa shape index (κ2) is 3.57. The zero-order chi connectivity index (χ0) is 10.8. The largest absolute Gasteiger partial charge is 0.419 e. The van der Waals surface area contributed by atoms with Crippen LogP contribution in [0.2, 0.25) is 0 Å². The van der Waals surface area contributed by atoms with Crippen molar-refractivity contribution in [1.82, 2.24) is 0 Å². The molecule has 0 spiro atoms. The first-order valence-corrected chi connectivity index (χ1v) is 4.38. The molecule has 0 unspecified atom stereocenters. The van der Waals surface area contributed by atoms with Crippen molar-refractivity contribution in [2.45, 2.75) is 6.92 Å². The number of hydrogen-bond acceptors (Lipinski definition) is 4. The summed E-state index contributed by atoms with van der Waals surface area (Å²) in [6, 6.07) is 5.07. The van der Waals surface area contributed by atoms with Crippen LogP contribution >= 0.6 is 0 Å². The molecule has 0 aliphatic carbocycles. The van der Waals surface area contributed by atoms with Crippen LogP contribution in [0, 0.1) is 6.92 Å². The van der Waals surface area contributed by atoms with Crippen molar-refractivity contribution in [3.05, 3.63) is 35.9 Å². The van der Waals surface area contributed by atoms with Crippen LogP contribution in [0.1, 0.15) is 5.56 Å². The second-order valence-electron chi connectivity index (χ2n) is 3.08. The molecule has 0 saturated heterocycles. The van der Waals surface area contributed by atoms with Crippen LogP contribution in [0.5, 0.6) is 11.5 Å². The highest BCUT2D eigenvalue weighted by molar-refractivity contribution is 5.95. The van der Waals surface area contributed by atoms with Gasteiger partial charge in [0.25, 0.3) is 0 Å². The molecule has 1 aliphatic heterocycles. The molecule has 0 bridgehead atoms. The van der Waals surface area contributed by atoms with Gasteiger partial charge in [0.15, 0.2) is 11.5 Å². The molecule has 0 saturated carbocycles. The van der Waals surface area contributed by atoms with E-state index < -0.39 is 11.9 Å². The lowest BCUT2D eigenvalue weighted by Gasteiger charge is -2.12. The molecular weight excluding hydrogens is 196 g/mol. The first-order chi connectivity index (χ1) is 7.16. The van der Waals surface area contributed by atoms with Gasteiger partial charge in [0.1, 0.15) is 0 Å². The number of benzene rings is 1. The third kappa shape index (κ3) is 1.88. The predicted octanol–water partition coefficient (Wildman–Crippen LogP) is 1.38. The smallest absolute Gasteiger partial charge is 0.336 e. The summed E-state index contributed by atoms with van der Waals surface area (Å²) in [4.78, 5) is 22.3. The molecule has 0 atom stereocenters. The Balaban J connectivity index is 2.51. The van der Waals surface area contributed by atoms with Crippen molar-refractivity contribution in [3.8, 4) is 11.5 Å². The summed E-state index contributed by atoms with van der Waals surface area (Å²) in [6.45, 7) is 1.77. The highest BCUT2D eigenvalue weighted by Crippen LogP contribution is 2.31. The summed E-state index contributed by atoms with van der Waals surface area (Å²) in [5.41, 5.74) is 0.740. The van der Waals surface area contributed by atoms with E-state index in [1.807, 2.05) is 0 Å². The summed E-state index contributed by atoms with van der Waals surface area (Å²) in [5.74, 6) is -0.612. The Labute approximate surface area is 86.1 Å². The van der Waals surface area contributed by atoms with Crippen molar-refractivity contribution >= 4 is 11.9 Å². The summed E-state index contributed by atoms with van der Waals surface area (Å²) in [5, 5.41) is 0. The fraction of sp³-hybridized carbons (Fsp3) is 0.0909. The minimum absolute atomic E-state index is 0.262. The normalized spacial score (nSPS) is 16.9. The number of hydrogen-bond donors (Lipinski definition) is 0. The fourth-order valence-electron chi connectivity index (χ4n) is 1.25. The minimum Gasteiger partial charge on any atom is -0.419 e. The molecule has 2 rings (SSSR count). The number of aryl methyl sites for hydroxylation is 1. The number of carbonyl (C=O) groups is 2. The number of esters is 2. The first kappa shape index (κ1) is 9.45. The van der Waals surface area contributed by atoms with Gasteiger partial charge >= 0.3 is 11.9 Å². The molecule has 0 N–H and O–H groups in total. The van der Waals surface area contributed by atoms with Crippen LogP contribution in [-0.2, 0) is 9.59 Å². The highest BCUT2D eigenvalue weighted by Gasteiger charge is 2.16. The van der Waals surface area contributed by atoms with Crippen molar-refractivity contribution in [1.29, 1.82) is 0 Å². The summed E-state index contributed by atoms with van der Waals surface area (Å²) in [6.07, 6.45) is 2.07. The zero-order valence-corrected chi connectivity index (χ0v) is 8.02. The van der Waals surface area contributed by atoms with Crippen LogP contribution in [0.4, 0.5) is 0 Å². The standard InChI is InChI=1S/C11H8O4/c1-7-3-2-4-8-11(7)15-10(13)6-5-9(12)14-8/h2-6H,1H3/b6-5+. The van der Waals surface area contributed by atoms with E-state index in [2.05, 4.69) is 0 Å². The van der Waals surface area contributed by atoms with Crippen molar-refractivity contribution < 1.29 is 19.1 Å². The van der Waals surface area contributed by atoms with E-state index in [4.69, 9.17) is 9.47 Å². The van der Waals surface area contributed by atoms with Gasteiger partial charge in [0.2, 0.25) is 0 Å². The van der Waals surface area contributed by atoms with E-state index in [1.165, 1.54) is 0 Å². The average Bonchev–Trinajstić information content (AvgIpc) is 2.18. The first-order valence-electron chi connectivity index (χ1n) is 4.38. The minimum atomic E-state index is -0.585. The van der Waals surface area contributed by atoms with E-state index >= 15 is 0 Å². The van der Waals surface area contributed by atoms with E-state index in [-0.39, 0.29) is 5.75 Å². The average molecular weight is 204 g/mol. The Bertz CT molecular complexity index is 460. The molecule has 76 valence electrons. The Morgan fingerprint density at radius 2 is 1.67 bits per heavy atom. The van der Waals surface area contributed by atoms with Gasteiger partial charge in [-0.25, -0.2) is 9.59 Å². The van der Waals surface area contributed by atoms with Gasteiger partial charge < -0.3 is 9.47 Å². The van der Waals surface area contributed by atoms with Gasteiger partial charge in [0.05, 0.1) is 0 Å².